The van der Waals surface area contributed by atoms with Gasteiger partial charge < -0.3 is 10.6 Å². The molecule has 21 heavy (non-hydrogen) atoms. The molecule has 126 valence electrons. The van der Waals surface area contributed by atoms with Gasteiger partial charge in [-0.25, -0.2) is 0 Å². The standard InChI is InChI=1S/C14H25F3N2O.ClH/c1-9-7-10(5-6-18-9)12(20)19-11(14(15,16)17)8-13(2,3)4;/h9-11,18H,5-8H2,1-4H3,(H,19,20);1H/t9-,10-,11?;/m0./s1. The molecule has 1 heterocycles. The van der Waals surface area contributed by atoms with Crippen LogP contribution < -0.4 is 10.6 Å². The Morgan fingerprint density at radius 1 is 1.33 bits per heavy atom. The van der Waals surface area contributed by atoms with Gasteiger partial charge in [-0.05, 0) is 38.1 Å². The summed E-state index contributed by atoms with van der Waals surface area (Å²) in [6.07, 6.45) is -3.33. The lowest BCUT2D eigenvalue weighted by atomic mass is 9.87. The number of carbonyl (C=O) groups is 1. The third-order valence-electron chi connectivity index (χ3n) is 3.52. The van der Waals surface area contributed by atoms with E-state index in [1.165, 1.54) is 0 Å². The smallest absolute Gasteiger partial charge is 0.344 e. The Kier molecular flexibility index (Phi) is 7.50. The predicted octanol–water partition coefficient (Wildman–Crippen LogP) is 3.28. The first-order valence-corrected chi connectivity index (χ1v) is 7.09. The zero-order valence-corrected chi connectivity index (χ0v) is 13.8. The van der Waals surface area contributed by atoms with Crippen molar-refractivity contribution in [3.8, 4) is 0 Å². The molecule has 3 atom stereocenters. The number of hydrogen-bond donors (Lipinski definition) is 2. The van der Waals surface area contributed by atoms with Gasteiger partial charge in [0.25, 0.3) is 0 Å². The Hall–Kier alpha value is -0.490. The monoisotopic (exact) mass is 330 g/mol. The van der Waals surface area contributed by atoms with Crippen molar-refractivity contribution in [2.45, 2.75) is 65.2 Å². The summed E-state index contributed by atoms with van der Waals surface area (Å²) in [6.45, 7) is 7.84. The topological polar surface area (TPSA) is 41.1 Å². The molecule has 2 N–H and O–H groups in total. The first kappa shape index (κ1) is 20.5. The molecule has 0 bridgehead atoms. The van der Waals surface area contributed by atoms with Gasteiger partial charge in [0.2, 0.25) is 5.91 Å². The zero-order valence-electron chi connectivity index (χ0n) is 13.0. The summed E-state index contributed by atoms with van der Waals surface area (Å²) < 4.78 is 39.1. The fourth-order valence-corrected chi connectivity index (χ4v) is 2.52. The average Bonchev–Trinajstić information content (AvgIpc) is 2.25. The summed E-state index contributed by atoms with van der Waals surface area (Å²) in [5, 5.41) is 5.40. The molecule has 7 heteroatoms. The van der Waals surface area contributed by atoms with E-state index in [-0.39, 0.29) is 30.8 Å². The van der Waals surface area contributed by atoms with Crippen LogP contribution in [0.2, 0.25) is 0 Å². The van der Waals surface area contributed by atoms with Crippen LogP contribution >= 0.6 is 12.4 Å². The fourth-order valence-electron chi connectivity index (χ4n) is 2.52. The van der Waals surface area contributed by atoms with Gasteiger partial charge in [-0.15, -0.1) is 12.4 Å². The Bertz CT molecular complexity index is 342. The molecule has 0 saturated carbocycles. The summed E-state index contributed by atoms with van der Waals surface area (Å²) in [5.74, 6) is -0.791. The summed E-state index contributed by atoms with van der Waals surface area (Å²) in [6, 6.07) is -1.59. The van der Waals surface area contributed by atoms with Crippen LogP contribution in [0.4, 0.5) is 13.2 Å². The van der Waals surface area contributed by atoms with Gasteiger partial charge in [0.1, 0.15) is 6.04 Å². The molecular weight excluding hydrogens is 305 g/mol. The van der Waals surface area contributed by atoms with Gasteiger partial charge >= 0.3 is 6.18 Å². The number of halogens is 4. The molecule has 1 amide bonds. The van der Waals surface area contributed by atoms with Crippen LogP contribution in [0.3, 0.4) is 0 Å². The highest BCUT2D eigenvalue weighted by Gasteiger charge is 2.43. The molecule has 0 aromatic rings. The number of alkyl halides is 3. The van der Waals surface area contributed by atoms with Crippen LogP contribution in [0.1, 0.15) is 47.0 Å². The number of piperidine rings is 1. The van der Waals surface area contributed by atoms with E-state index in [2.05, 4.69) is 10.6 Å². The third kappa shape index (κ3) is 7.36. The number of nitrogens with one attached hydrogen (secondary N) is 2. The SMILES string of the molecule is C[C@H]1C[C@@H](C(=O)NC(CC(C)(C)C)C(F)(F)F)CCN1.Cl. The van der Waals surface area contributed by atoms with E-state index in [0.717, 1.165) is 0 Å². The molecule has 3 nitrogen and oxygen atoms in total. The second-order valence-electron chi connectivity index (χ2n) is 6.94. The van der Waals surface area contributed by atoms with Crippen molar-refractivity contribution in [1.82, 2.24) is 10.6 Å². The van der Waals surface area contributed by atoms with E-state index in [4.69, 9.17) is 0 Å². The summed E-state index contributed by atoms with van der Waals surface area (Å²) >= 11 is 0. The van der Waals surface area contributed by atoms with Gasteiger partial charge in [-0.2, -0.15) is 13.2 Å². The summed E-state index contributed by atoms with van der Waals surface area (Å²) in [7, 11) is 0. The Balaban J connectivity index is 0.00000400. The molecule has 0 radical (unpaired) electrons. The first-order valence-electron chi connectivity index (χ1n) is 7.09. The van der Waals surface area contributed by atoms with Crippen molar-refractivity contribution in [2.75, 3.05) is 6.54 Å². The fraction of sp³-hybridized carbons (Fsp3) is 0.929. The highest BCUT2D eigenvalue weighted by atomic mass is 35.5. The van der Waals surface area contributed by atoms with E-state index in [1.54, 1.807) is 20.8 Å². The molecule has 0 aliphatic carbocycles. The van der Waals surface area contributed by atoms with Gasteiger partial charge in [-0.1, -0.05) is 20.8 Å². The maximum absolute atomic E-state index is 13.0. The van der Waals surface area contributed by atoms with Crippen LogP contribution in [-0.2, 0) is 4.79 Å². The second kappa shape index (κ2) is 7.68. The van der Waals surface area contributed by atoms with Crippen LogP contribution in [0, 0.1) is 11.3 Å². The van der Waals surface area contributed by atoms with E-state index >= 15 is 0 Å². The zero-order chi connectivity index (χ0) is 15.6. The largest absolute Gasteiger partial charge is 0.408 e. The first-order chi connectivity index (χ1) is 8.99. The summed E-state index contributed by atoms with van der Waals surface area (Å²) in [4.78, 5) is 12.0. The lowest BCUT2D eigenvalue weighted by molar-refractivity contribution is -0.168. The normalized spacial score (nSPS) is 24.9. The van der Waals surface area contributed by atoms with Gasteiger partial charge in [0.15, 0.2) is 0 Å². The lowest BCUT2D eigenvalue weighted by Gasteiger charge is -2.32. The molecule has 0 aromatic heterocycles. The molecular formula is C14H26ClF3N2O. The second-order valence-corrected chi connectivity index (χ2v) is 6.94. The van der Waals surface area contributed by atoms with E-state index in [0.29, 0.717) is 19.4 Å². The van der Waals surface area contributed by atoms with E-state index < -0.39 is 23.5 Å². The molecule has 1 aliphatic rings. The quantitative estimate of drug-likeness (QED) is 0.833. The van der Waals surface area contributed by atoms with Crippen molar-refractivity contribution in [2.24, 2.45) is 11.3 Å². The van der Waals surface area contributed by atoms with E-state index in [9.17, 15) is 18.0 Å². The van der Waals surface area contributed by atoms with Crippen molar-refractivity contribution in [1.29, 1.82) is 0 Å². The van der Waals surface area contributed by atoms with Gasteiger partial charge in [-0.3, -0.25) is 4.79 Å². The minimum atomic E-state index is -4.40. The number of hydrogen-bond acceptors (Lipinski definition) is 2. The highest BCUT2D eigenvalue weighted by molar-refractivity contribution is 5.85. The number of rotatable bonds is 3. The van der Waals surface area contributed by atoms with Crippen molar-refractivity contribution >= 4 is 18.3 Å². The molecule has 1 aliphatic heterocycles. The number of amides is 1. The van der Waals surface area contributed by atoms with Crippen LogP contribution in [0.5, 0.6) is 0 Å². The summed E-state index contributed by atoms with van der Waals surface area (Å²) in [5.41, 5.74) is -0.491. The highest BCUT2D eigenvalue weighted by Crippen LogP contribution is 2.31. The van der Waals surface area contributed by atoms with Crippen LogP contribution in [0.15, 0.2) is 0 Å². The van der Waals surface area contributed by atoms with Crippen LogP contribution in [0.25, 0.3) is 0 Å². The Morgan fingerprint density at radius 3 is 2.33 bits per heavy atom. The van der Waals surface area contributed by atoms with Crippen molar-refractivity contribution < 1.29 is 18.0 Å². The lowest BCUT2D eigenvalue weighted by Crippen LogP contribution is -2.51. The maximum Gasteiger partial charge on any atom is 0.408 e. The Morgan fingerprint density at radius 2 is 1.90 bits per heavy atom. The minimum Gasteiger partial charge on any atom is -0.344 e. The minimum absolute atomic E-state index is 0. The van der Waals surface area contributed by atoms with Crippen molar-refractivity contribution in [3.63, 3.8) is 0 Å². The third-order valence-corrected chi connectivity index (χ3v) is 3.52. The molecule has 1 rings (SSSR count). The van der Waals surface area contributed by atoms with Gasteiger partial charge in [0, 0.05) is 12.0 Å². The van der Waals surface area contributed by atoms with Gasteiger partial charge in [0.05, 0.1) is 0 Å². The maximum atomic E-state index is 13.0. The van der Waals surface area contributed by atoms with Crippen LogP contribution in [-0.4, -0.2) is 30.7 Å². The van der Waals surface area contributed by atoms with E-state index in [1.807, 2.05) is 6.92 Å². The molecule has 1 saturated heterocycles. The molecule has 0 spiro atoms. The predicted molar refractivity (Wildman–Crippen MR) is 79.5 cm³/mol. The average molecular weight is 331 g/mol. The van der Waals surface area contributed by atoms with Crippen molar-refractivity contribution in [3.05, 3.63) is 0 Å². The molecule has 0 aromatic carbocycles. The Labute approximate surface area is 130 Å². The molecule has 1 unspecified atom stereocenters. The number of carbonyl (C=O) groups excluding carboxylic acids is 1. The molecule has 1 fully saturated rings.